The third-order valence-corrected chi connectivity index (χ3v) is 4.68. The van der Waals surface area contributed by atoms with E-state index in [4.69, 9.17) is 12.2 Å². The van der Waals surface area contributed by atoms with Crippen molar-refractivity contribution in [3.63, 3.8) is 0 Å². The zero-order chi connectivity index (χ0) is 18.7. The fourth-order valence-corrected chi connectivity index (χ4v) is 3.35. The number of benzene rings is 2. The van der Waals surface area contributed by atoms with Gasteiger partial charge in [0.1, 0.15) is 5.57 Å². The maximum atomic E-state index is 11.9. The predicted octanol–water partition coefficient (Wildman–Crippen LogP) is 2.66. The van der Waals surface area contributed by atoms with Gasteiger partial charge in [0.2, 0.25) is 0 Å². The second kappa shape index (κ2) is 7.46. The van der Waals surface area contributed by atoms with Crippen molar-refractivity contribution in [2.75, 3.05) is 0 Å². The Balaban J connectivity index is 1.95. The van der Waals surface area contributed by atoms with Crippen molar-refractivity contribution in [1.82, 2.24) is 10.6 Å². The minimum Gasteiger partial charge on any atom is -0.299 e. The summed E-state index contributed by atoms with van der Waals surface area (Å²) < 4.78 is 0. The van der Waals surface area contributed by atoms with Gasteiger partial charge in [-0.2, -0.15) is 0 Å². The third kappa shape index (κ3) is 3.95. The molecule has 1 aliphatic rings. The number of nitro groups is 1. The molecule has 1 heterocycles. The Labute approximate surface area is 157 Å². The summed E-state index contributed by atoms with van der Waals surface area (Å²) in [6.45, 7) is 0. The second-order valence-corrected chi connectivity index (χ2v) is 6.72. The first kappa shape index (κ1) is 17.8. The monoisotopic (exact) mass is 385 g/mol. The number of carbonyl (C=O) groups excluding carboxylic acids is 2. The lowest BCUT2D eigenvalue weighted by molar-refractivity contribution is -0.387. The van der Waals surface area contributed by atoms with Crippen LogP contribution in [0.25, 0.3) is 6.08 Å². The lowest BCUT2D eigenvalue weighted by Crippen LogP contribution is -2.51. The summed E-state index contributed by atoms with van der Waals surface area (Å²) in [5.41, 5.74) is 0.0824. The average molecular weight is 385 g/mol. The highest BCUT2D eigenvalue weighted by Gasteiger charge is 2.26. The van der Waals surface area contributed by atoms with Gasteiger partial charge in [0.15, 0.2) is 5.11 Å². The molecule has 0 radical (unpaired) electrons. The van der Waals surface area contributed by atoms with Crippen LogP contribution in [0, 0.1) is 10.1 Å². The highest BCUT2D eigenvalue weighted by atomic mass is 32.2. The molecule has 7 nitrogen and oxygen atoms in total. The van der Waals surface area contributed by atoms with E-state index < -0.39 is 16.7 Å². The molecule has 0 bridgehead atoms. The van der Waals surface area contributed by atoms with Gasteiger partial charge in [0.05, 0.1) is 9.82 Å². The number of thiocarbonyl (C=S) groups is 1. The van der Waals surface area contributed by atoms with Crippen LogP contribution in [0.15, 0.2) is 63.9 Å². The summed E-state index contributed by atoms with van der Waals surface area (Å²) >= 11 is 5.99. The molecule has 1 fully saturated rings. The molecule has 0 atom stereocenters. The maximum Gasteiger partial charge on any atom is 0.283 e. The molecule has 2 amide bonds. The van der Waals surface area contributed by atoms with Crippen LogP contribution in [0.1, 0.15) is 5.56 Å². The highest BCUT2D eigenvalue weighted by molar-refractivity contribution is 7.99. The Bertz CT molecular complexity index is 936. The summed E-state index contributed by atoms with van der Waals surface area (Å²) in [5.74, 6) is -1.30. The molecule has 26 heavy (non-hydrogen) atoms. The molecule has 3 rings (SSSR count). The normalized spacial score (nSPS) is 13.8. The molecule has 0 spiro atoms. The van der Waals surface area contributed by atoms with Crippen LogP contribution in [0.5, 0.6) is 0 Å². The summed E-state index contributed by atoms with van der Waals surface area (Å²) in [6, 6.07) is 13.8. The largest absolute Gasteiger partial charge is 0.299 e. The van der Waals surface area contributed by atoms with Gasteiger partial charge in [-0.3, -0.25) is 30.3 Å². The van der Waals surface area contributed by atoms with E-state index in [2.05, 4.69) is 10.6 Å². The molecule has 2 aromatic rings. The number of nitro benzene ring substituents is 1. The Morgan fingerprint density at radius 2 is 1.69 bits per heavy atom. The van der Waals surface area contributed by atoms with Crippen LogP contribution in [-0.2, 0) is 9.59 Å². The van der Waals surface area contributed by atoms with Gasteiger partial charge in [-0.1, -0.05) is 36.0 Å². The molecular weight excluding hydrogens is 374 g/mol. The Morgan fingerprint density at radius 3 is 2.31 bits per heavy atom. The van der Waals surface area contributed by atoms with Gasteiger partial charge in [-0.05, 0) is 42.1 Å². The fraction of sp³-hybridized carbons (Fsp3) is 0. The maximum absolute atomic E-state index is 11.9. The molecule has 2 N–H and O–H groups in total. The smallest absolute Gasteiger partial charge is 0.283 e. The molecule has 0 unspecified atom stereocenters. The number of hydrogen-bond acceptors (Lipinski definition) is 6. The SMILES string of the molecule is O=C1NC(=S)NC(=O)C1=Cc1ccc(Sc2ccccc2)c([N+](=O)[O-])c1. The van der Waals surface area contributed by atoms with Crippen molar-refractivity contribution in [1.29, 1.82) is 0 Å². The summed E-state index contributed by atoms with van der Waals surface area (Å²) in [4.78, 5) is 36.0. The minimum atomic E-state index is -0.649. The van der Waals surface area contributed by atoms with Gasteiger partial charge < -0.3 is 0 Å². The van der Waals surface area contributed by atoms with E-state index in [0.717, 1.165) is 4.90 Å². The predicted molar refractivity (Wildman–Crippen MR) is 101 cm³/mol. The molecule has 0 aliphatic carbocycles. The molecule has 1 aliphatic heterocycles. The molecule has 0 saturated carbocycles. The quantitative estimate of drug-likeness (QED) is 0.276. The Hall–Kier alpha value is -3.04. The van der Waals surface area contributed by atoms with Crippen LogP contribution in [0.2, 0.25) is 0 Å². The molecule has 2 aromatic carbocycles. The van der Waals surface area contributed by atoms with Crippen molar-refractivity contribution in [3.05, 3.63) is 69.8 Å². The number of hydrogen-bond donors (Lipinski definition) is 2. The topological polar surface area (TPSA) is 101 Å². The average Bonchev–Trinajstić information content (AvgIpc) is 2.60. The summed E-state index contributed by atoms with van der Waals surface area (Å²) in [7, 11) is 0. The summed E-state index contributed by atoms with van der Waals surface area (Å²) in [5, 5.41) is 16.0. The molecular formula is C17H11N3O4S2. The van der Waals surface area contributed by atoms with Crippen molar-refractivity contribution >= 4 is 52.7 Å². The number of nitrogens with one attached hydrogen (secondary N) is 2. The Kier molecular flexibility index (Phi) is 5.10. The third-order valence-electron chi connectivity index (χ3n) is 3.41. The van der Waals surface area contributed by atoms with Crippen LogP contribution in [0.3, 0.4) is 0 Å². The first-order valence-corrected chi connectivity index (χ1v) is 8.56. The summed E-state index contributed by atoms with van der Waals surface area (Å²) in [6.07, 6.45) is 1.29. The fourth-order valence-electron chi connectivity index (χ4n) is 2.24. The zero-order valence-electron chi connectivity index (χ0n) is 13.1. The van der Waals surface area contributed by atoms with Crippen LogP contribution in [0.4, 0.5) is 5.69 Å². The number of rotatable bonds is 4. The van der Waals surface area contributed by atoms with E-state index in [1.165, 1.54) is 23.9 Å². The van der Waals surface area contributed by atoms with E-state index in [1.807, 2.05) is 30.3 Å². The van der Waals surface area contributed by atoms with Gasteiger partial charge in [0.25, 0.3) is 17.5 Å². The lowest BCUT2D eigenvalue weighted by Gasteiger charge is -2.16. The minimum absolute atomic E-state index is 0.0715. The van der Waals surface area contributed by atoms with Crippen LogP contribution >= 0.6 is 24.0 Å². The van der Waals surface area contributed by atoms with E-state index >= 15 is 0 Å². The molecule has 9 heteroatoms. The van der Waals surface area contributed by atoms with Gasteiger partial charge in [0, 0.05) is 11.0 Å². The standard InChI is InChI=1S/C17H11N3O4S2/c21-15-12(16(22)19-17(25)18-15)8-10-6-7-14(13(9-10)20(23)24)26-11-4-2-1-3-5-11/h1-9H,(H2,18,19,21,22,25). The Morgan fingerprint density at radius 1 is 1.04 bits per heavy atom. The lowest BCUT2D eigenvalue weighted by atomic mass is 10.1. The van der Waals surface area contributed by atoms with E-state index in [1.54, 1.807) is 12.1 Å². The van der Waals surface area contributed by atoms with E-state index in [-0.39, 0.29) is 16.4 Å². The molecule has 130 valence electrons. The van der Waals surface area contributed by atoms with Crippen LogP contribution < -0.4 is 10.6 Å². The van der Waals surface area contributed by atoms with Crippen molar-refractivity contribution in [2.45, 2.75) is 9.79 Å². The molecule has 1 saturated heterocycles. The van der Waals surface area contributed by atoms with Gasteiger partial charge in [-0.15, -0.1) is 0 Å². The van der Waals surface area contributed by atoms with E-state index in [0.29, 0.717) is 10.5 Å². The second-order valence-electron chi connectivity index (χ2n) is 5.19. The van der Waals surface area contributed by atoms with Crippen molar-refractivity contribution in [2.24, 2.45) is 0 Å². The van der Waals surface area contributed by atoms with Gasteiger partial charge >= 0.3 is 0 Å². The van der Waals surface area contributed by atoms with Crippen molar-refractivity contribution in [3.8, 4) is 0 Å². The van der Waals surface area contributed by atoms with Crippen molar-refractivity contribution < 1.29 is 14.5 Å². The first-order chi connectivity index (χ1) is 12.4. The van der Waals surface area contributed by atoms with Gasteiger partial charge in [-0.25, -0.2) is 0 Å². The van der Waals surface area contributed by atoms with Crippen LogP contribution in [-0.4, -0.2) is 21.9 Å². The highest BCUT2D eigenvalue weighted by Crippen LogP contribution is 2.35. The number of carbonyl (C=O) groups is 2. The zero-order valence-corrected chi connectivity index (χ0v) is 14.7. The van der Waals surface area contributed by atoms with E-state index in [9.17, 15) is 19.7 Å². The number of amides is 2. The first-order valence-electron chi connectivity index (χ1n) is 7.34. The number of nitrogens with zero attached hydrogens (tertiary/aromatic N) is 1. The molecule has 0 aromatic heterocycles.